The normalized spacial score (nSPS) is 19.6. The van der Waals surface area contributed by atoms with E-state index in [2.05, 4.69) is 5.32 Å². The lowest BCUT2D eigenvalue weighted by Gasteiger charge is -2.44. The Morgan fingerprint density at radius 1 is 1.03 bits per heavy atom. The van der Waals surface area contributed by atoms with E-state index in [0.29, 0.717) is 41.7 Å². The van der Waals surface area contributed by atoms with Gasteiger partial charge in [-0.2, -0.15) is 0 Å². The average Bonchev–Trinajstić information content (AvgIpc) is 2.91. The van der Waals surface area contributed by atoms with E-state index in [1.54, 1.807) is 6.07 Å². The fraction of sp³-hybridized carbons (Fsp3) is 0.333. The number of hydrogen-bond acceptors (Lipinski definition) is 8. The number of ether oxygens (including phenoxy) is 4. The van der Waals surface area contributed by atoms with E-state index in [9.17, 15) is 10.4 Å². The van der Waals surface area contributed by atoms with Gasteiger partial charge in [-0.15, -0.1) is 0 Å². The van der Waals surface area contributed by atoms with Gasteiger partial charge in [-0.25, -0.2) is 0 Å². The Kier molecular flexibility index (Phi) is 8.68. The lowest BCUT2D eigenvalue weighted by atomic mass is 9.82. The molecule has 2 N–H and O–H groups in total. The molecule has 0 radical (unpaired) electrons. The Balaban J connectivity index is 1.65. The standard InChI is InChI=1S/C27H30ClN2O6/c1-33-24-14-20(23(30(31)32)15-25(24)34-2)18-35-26-16-29-13-12-27(26,21-8-10-22(28)11-9-21)36-17-19-6-4-3-5-7-19/h3-11,14-15,26,29,31H,12-13,16-18H2,1-2H3/q-1. The quantitative estimate of drug-likeness (QED) is 0.364. The van der Waals surface area contributed by atoms with Gasteiger partial charge in [-0.3, -0.25) is 5.21 Å². The van der Waals surface area contributed by atoms with E-state index in [4.69, 9.17) is 30.5 Å². The molecule has 1 fully saturated rings. The third-order valence-corrected chi connectivity index (χ3v) is 6.68. The van der Waals surface area contributed by atoms with Crippen LogP contribution in [0.5, 0.6) is 11.5 Å². The maximum absolute atomic E-state index is 11.9. The first kappa shape index (κ1) is 26.2. The molecular formula is C27H30ClN2O6-. The first-order chi connectivity index (χ1) is 17.5. The summed E-state index contributed by atoms with van der Waals surface area (Å²) in [5, 5.41) is 25.4. The van der Waals surface area contributed by atoms with Crippen molar-refractivity contribution in [2.24, 2.45) is 0 Å². The molecule has 0 amide bonds. The van der Waals surface area contributed by atoms with Crippen LogP contribution in [-0.4, -0.2) is 38.6 Å². The van der Waals surface area contributed by atoms with Gasteiger partial charge in [0.2, 0.25) is 0 Å². The number of nitrogens with one attached hydrogen (secondary N) is 1. The second kappa shape index (κ2) is 11.9. The van der Waals surface area contributed by atoms with E-state index in [-0.39, 0.29) is 17.5 Å². The third-order valence-electron chi connectivity index (χ3n) is 6.43. The Bertz CT molecular complexity index is 1130. The summed E-state index contributed by atoms with van der Waals surface area (Å²) in [6, 6.07) is 20.6. The van der Waals surface area contributed by atoms with Crippen LogP contribution in [0.3, 0.4) is 0 Å². The maximum atomic E-state index is 11.9. The monoisotopic (exact) mass is 513 g/mol. The first-order valence-corrected chi connectivity index (χ1v) is 12.0. The van der Waals surface area contributed by atoms with Crippen molar-refractivity contribution < 1.29 is 24.2 Å². The highest BCUT2D eigenvalue weighted by atomic mass is 35.5. The summed E-state index contributed by atoms with van der Waals surface area (Å²) in [5.74, 6) is 0.750. The molecule has 8 nitrogen and oxygen atoms in total. The summed E-state index contributed by atoms with van der Waals surface area (Å²) in [6.07, 6.45) is 0.259. The minimum atomic E-state index is -0.765. The van der Waals surface area contributed by atoms with Crippen molar-refractivity contribution in [3.05, 3.63) is 93.7 Å². The molecule has 3 aromatic carbocycles. The van der Waals surface area contributed by atoms with Gasteiger partial charge in [-0.1, -0.05) is 54.1 Å². The lowest BCUT2D eigenvalue weighted by Crippen LogP contribution is -2.54. The topological polar surface area (TPSA) is 95.5 Å². The number of methoxy groups -OCH3 is 2. The van der Waals surface area contributed by atoms with Gasteiger partial charge in [-0.05, 0) is 42.3 Å². The maximum Gasteiger partial charge on any atom is 0.162 e. The summed E-state index contributed by atoms with van der Waals surface area (Å²) in [4.78, 5) is 0. The van der Waals surface area contributed by atoms with E-state index in [1.165, 1.54) is 20.3 Å². The van der Waals surface area contributed by atoms with Gasteiger partial charge in [0, 0.05) is 23.2 Å². The Morgan fingerprint density at radius 2 is 1.72 bits per heavy atom. The Morgan fingerprint density at radius 3 is 2.39 bits per heavy atom. The zero-order valence-corrected chi connectivity index (χ0v) is 21.0. The van der Waals surface area contributed by atoms with Crippen molar-refractivity contribution in [2.45, 2.75) is 31.3 Å². The minimum Gasteiger partial charge on any atom is -0.733 e. The van der Waals surface area contributed by atoms with Gasteiger partial charge in [0.1, 0.15) is 11.7 Å². The van der Waals surface area contributed by atoms with Gasteiger partial charge < -0.3 is 34.7 Å². The zero-order valence-electron chi connectivity index (χ0n) is 20.3. The molecule has 2 atom stereocenters. The second-order valence-electron chi connectivity index (χ2n) is 8.53. The SMILES string of the molecule is COc1cc(COC2CNCCC2(OCc2ccccc2)c2ccc(Cl)cc2)c(N([O-])O)cc1OC. The highest BCUT2D eigenvalue weighted by Crippen LogP contribution is 2.40. The summed E-state index contributed by atoms with van der Waals surface area (Å²) in [7, 11) is 2.96. The predicted octanol–water partition coefficient (Wildman–Crippen LogP) is 5.04. The zero-order chi connectivity index (χ0) is 25.5. The van der Waals surface area contributed by atoms with Gasteiger partial charge in [0.15, 0.2) is 11.5 Å². The van der Waals surface area contributed by atoms with Crippen LogP contribution in [0.15, 0.2) is 66.7 Å². The van der Waals surface area contributed by atoms with Crippen LogP contribution >= 0.6 is 11.6 Å². The van der Waals surface area contributed by atoms with Crippen molar-refractivity contribution in [3.63, 3.8) is 0 Å². The van der Waals surface area contributed by atoms with Crippen molar-refractivity contribution >= 4 is 17.3 Å². The van der Waals surface area contributed by atoms with Crippen molar-refractivity contribution in [2.75, 3.05) is 32.5 Å². The molecule has 4 rings (SSSR count). The fourth-order valence-electron chi connectivity index (χ4n) is 4.52. The Labute approximate surface area is 215 Å². The number of piperidine rings is 1. The molecule has 2 unspecified atom stereocenters. The fourth-order valence-corrected chi connectivity index (χ4v) is 4.64. The number of nitrogens with zero attached hydrogens (tertiary/aromatic N) is 1. The number of anilines is 1. The predicted molar refractivity (Wildman–Crippen MR) is 138 cm³/mol. The molecule has 0 bridgehead atoms. The molecule has 36 heavy (non-hydrogen) atoms. The summed E-state index contributed by atoms with van der Waals surface area (Å²) in [5.41, 5.74) is 1.70. The lowest BCUT2D eigenvalue weighted by molar-refractivity contribution is -0.176. The van der Waals surface area contributed by atoms with Crippen LogP contribution in [0.4, 0.5) is 5.69 Å². The van der Waals surface area contributed by atoms with Crippen molar-refractivity contribution in [1.29, 1.82) is 0 Å². The van der Waals surface area contributed by atoms with E-state index in [1.807, 2.05) is 54.6 Å². The van der Waals surface area contributed by atoms with Crippen LogP contribution in [0.25, 0.3) is 0 Å². The first-order valence-electron chi connectivity index (χ1n) is 11.6. The molecule has 0 saturated carbocycles. The van der Waals surface area contributed by atoms with E-state index >= 15 is 0 Å². The van der Waals surface area contributed by atoms with Crippen LogP contribution in [0.1, 0.15) is 23.1 Å². The number of benzene rings is 3. The molecular weight excluding hydrogens is 484 g/mol. The molecule has 0 aliphatic carbocycles. The number of rotatable bonds is 10. The smallest absolute Gasteiger partial charge is 0.162 e. The van der Waals surface area contributed by atoms with Gasteiger partial charge in [0.25, 0.3) is 0 Å². The molecule has 1 heterocycles. The van der Waals surface area contributed by atoms with Crippen LogP contribution in [-0.2, 0) is 28.3 Å². The highest BCUT2D eigenvalue weighted by Gasteiger charge is 2.44. The molecule has 0 aromatic heterocycles. The molecule has 1 aliphatic rings. The van der Waals surface area contributed by atoms with Crippen molar-refractivity contribution in [1.82, 2.24) is 5.32 Å². The molecule has 192 valence electrons. The van der Waals surface area contributed by atoms with E-state index in [0.717, 1.165) is 17.7 Å². The van der Waals surface area contributed by atoms with Crippen LogP contribution in [0, 0.1) is 5.21 Å². The molecule has 1 aliphatic heterocycles. The summed E-state index contributed by atoms with van der Waals surface area (Å²) < 4.78 is 23.7. The van der Waals surface area contributed by atoms with Crippen molar-refractivity contribution in [3.8, 4) is 11.5 Å². The molecule has 3 aromatic rings. The van der Waals surface area contributed by atoms with Gasteiger partial charge in [0.05, 0.1) is 33.1 Å². The van der Waals surface area contributed by atoms with Crippen LogP contribution < -0.4 is 20.0 Å². The number of hydrogen-bond donors (Lipinski definition) is 2. The van der Waals surface area contributed by atoms with Crippen LogP contribution in [0.2, 0.25) is 5.02 Å². The Hall–Kier alpha value is -2.85. The highest BCUT2D eigenvalue weighted by molar-refractivity contribution is 6.30. The molecule has 9 heteroatoms. The van der Waals surface area contributed by atoms with Gasteiger partial charge >= 0.3 is 0 Å². The molecule has 0 spiro atoms. The average molecular weight is 514 g/mol. The number of halogens is 1. The minimum absolute atomic E-state index is 0.0127. The second-order valence-corrected chi connectivity index (χ2v) is 8.97. The largest absolute Gasteiger partial charge is 0.733 e. The molecule has 1 saturated heterocycles. The summed E-state index contributed by atoms with van der Waals surface area (Å²) >= 11 is 6.18. The van der Waals surface area contributed by atoms with E-state index < -0.39 is 11.7 Å². The summed E-state index contributed by atoms with van der Waals surface area (Å²) in [6.45, 7) is 1.70. The third kappa shape index (κ3) is 5.75.